The molecule has 3 aromatic rings. The monoisotopic (exact) mass is 423 g/mol. The van der Waals surface area contributed by atoms with Gasteiger partial charge in [-0.2, -0.15) is 0 Å². The molecule has 1 amide bonds. The van der Waals surface area contributed by atoms with E-state index >= 15 is 0 Å². The first kappa shape index (κ1) is 19.0. The molecule has 154 valence electrons. The summed E-state index contributed by atoms with van der Waals surface area (Å²) >= 11 is -2.09. The van der Waals surface area contributed by atoms with Crippen LogP contribution in [-0.2, 0) is 22.4 Å². The first-order valence-electron chi connectivity index (χ1n) is 9.91. The fourth-order valence-electron chi connectivity index (χ4n) is 4.30. The van der Waals surface area contributed by atoms with Crippen molar-refractivity contribution in [2.45, 2.75) is 30.4 Å². The highest BCUT2D eigenvalue weighted by atomic mass is 32.2. The van der Waals surface area contributed by atoms with Crippen LogP contribution in [0, 0.1) is 0 Å². The van der Waals surface area contributed by atoms with Gasteiger partial charge in [-0.3, -0.25) is 4.90 Å². The highest BCUT2D eigenvalue weighted by Gasteiger charge is 2.34. The summed E-state index contributed by atoms with van der Waals surface area (Å²) in [7, 11) is 0. The molecule has 5 rings (SSSR count). The predicted octanol–water partition coefficient (Wildman–Crippen LogP) is 3.94. The first-order valence-corrected chi connectivity index (χ1v) is 11.0. The van der Waals surface area contributed by atoms with Gasteiger partial charge < -0.3 is 14.2 Å². The number of ether oxygens (including phenoxy) is 1. The van der Waals surface area contributed by atoms with Crippen LogP contribution in [0.5, 0.6) is 0 Å². The second kappa shape index (κ2) is 7.70. The molecule has 1 N–H and O–H groups in total. The van der Waals surface area contributed by atoms with Gasteiger partial charge in [0.25, 0.3) is 0 Å². The Morgan fingerprint density at radius 3 is 2.63 bits per heavy atom. The lowest BCUT2D eigenvalue weighted by atomic mass is 10.0. The Balaban J connectivity index is 1.37. The Bertz CT molecular complexity index is 1140. The van der Waals surface area contributed by atoms with Crippen LogP contribution in [0.3, 0.4) is 0 Å². The van der Waals surface area contributed by atoms with Crippen LogP contribution >= 0.6 is 0 Å². The van der Waals surface area contributed by atoms with Crippen molar-refractivity contribution in [2.75, 3.05) is 22.9 Å². The first-order chi connectivity index (χ1) is 14.6. The van der Waals surface area contributed by atoms with Crippen molar-refractivity contribution in [3.63, 3.8) is 0 Å². The summed E-state index contributed by atoms with van der Waals surface area (Å²) in [6, 6.07) is 17.1. The van der Waals surface area contributed by atoms with Crippen LogP contribution in [0.1, 0.15) is 18.4 Å². The fraction of sp³-hybridized carbons (Fsp3) is 0.273. The summed E-state index contributed by atoms with van der Waals surface area (Å²) < 4.78 is 26.6. The highest BCUT2D eigenvalue weighted by molar-refractivity contribution is 7.79. The normalized spacial score (nSPS) is 18.2. The Hall–Kier alpha value is -2.97. The number of piperidine rings is 1. The molecule has 1 saturated heterocycles. The summed E-state index contributed by atoms with van der Waals surface area (Å²) in [5.41, 5.74) is 2.51. The summed E-state index contributed by atoms with van der Waals surface area (Å²) in [5.74, 6) is 0.778. The Morgan fingerprint density at radius 2 is 1.83 bits per heavy atom. The van der Waals surface area contributed by atoms with Gasteiger partial charge in [0.2, 0.25) is 0 Å². The van der Waals surface area contributed by atoms with E-state index < -0.39 is 11.1 Å². The molecule has 0 bridgehead atoms. The van der Waals surface area contributed by atoms with E-state index in [0.717, 1.165) is 48.4 Å². The number of hydrogen-bond acceptors (Lipinski definition) is 5. The molecule has 1 unspecified atom stereocenters. The summed E-state index contributed by atoms with van der Waals surface area (Å²) in [5, 5.41) is 0.834. The van der Waals surface area contributed by atoms with Gasteiger partial charge in [-0.1, -0.05) is 30.3 Å². The van der Waals surface area contributed by atoms with Crippen LogP contribution < -0.4 is 9.80 Å². The standard InChI is InChI=1S/C22H21N3O4S/c26-22-25(18-6-2-1-4-16(18)14-29-22)17-10-12-24(13-11-17)20-9-8-15-5-3-7-19(30(27)28)21(15)23-20/h1-9,17H,10-14H2,(H,27,28). The number of amides is 1. The molecule has 1 aromatic heterocycles. The zero-order valence-electron chi connectivity index (χ0n) is 16.2. The smallest absolute Gasteiger partial charge is 0.414 e. The minimum absolute atomic E-state index is 0.0659. The number of cyclic esters (lactones) is 1. The second-order valence-corrected chi connectivity index (χ2v) is 8.46. The van der Waals surface area contributed by atoms with Crippen molar-refractivity contribution >= 4 is 39.6 Å². The highest BCUT2D eigenvalue weighted by Crippen LogP contribution is 2.33. The van der Waals surface area contributed by atoms with Gasteiger partial charge in [0, 0.05) is 30.1 Å². The van der Waals surface area contributed by atoms with E-state index in [4.69, 9.17) is 4.74 Å². The number of benzene rings is 2. The molecule has 0 aliphatic carbocycles. The maximum Gasteiger partial charge on any atom is 0.414 e. The van der Waals surface area contributed by atoms with Gasteiger partial charge in [0.1, 0.15) is 12.4 Å². The number of pyridine rings is 1. The van der Waals surface area contributed by atoms with Crippen LogP contribution in [0.25, 0.3) is 10.9 Å². The molecule has 0 saturated carbocycles. The molecule has 7 nitrogen and oxygen atoms in total. The topological polar surface area (TPSA) is 83.0 Å². The quantitative estimate of drug-likeness (QED) is 0.643. The molecule has 0 radical (unpaired) electrons. The average Bonchev–Trinajstić information content (AvgIpc) is 2.78. The lowest BCUT2D eigenvalue weighted by Gasteiger charge is -2.40. The maximum atomic E-state index is 12.5. The van der Waals surface area contributed by atoms with E-state index in [0.29, 0.717) is 17.0 Å². The van der Waals surface area contributed by atoms with E-state index in [1.165, 1.54) is 0 Å². The third kappa shape index (κ3) is 3.32. The Morgan fingerprint density at radius 1 is 1.03 bits per heavy atom. The number of carbonyl (C=O) groups excluding carboxylic acids is 1. The molecule has 1 fully saturated rings. The molecule has 2 aliphatic rings. The number of nitrogens with zero attached hydrogens (tertiary/aromatic N) is 3. The third-order valence-corrected chi connectivity index (χ3v) is 6.51. The molecular weight excluding hydrogens is 402 g/mol. The average molecular weight is 423 g/mol. The van der Waals surface area contributed by atoms with Crippen LogP contribution in [-0.4, -0.2) is 39.0 Å². The number of anilines is 2. The van der Waals surface area contributed by atoms with Crippen LogP contribution in [0.2, 0.25) is 0 Å². The van der Waals surface area contributed by atoms with Gasteiger partial charge in [-0.15, -0.1) is 0 Å². The Labute approximate surface area is 176 Å². The van der Waals surface area contributed by atoms with E-state index in [1.54, 1.807) is 17.0 Å². The summed E-state index contributed by atoms with van der Waals surface area (Å²) in [6.45, 7) is 1.79. The summed E-state index contributed by atoms with van der Waals surface area (Å²) in [4.78, 5) is 21.4. The van der Waals surface area contributed by atoms with Crippen molar-refractivity contribution in [3.8, 4) is 0 Å². The van der Waals surface area contributed by atoms with Crippen molar-refractivity contribution in [1.82, 2.24) is 4.98 Å². The molecule has 2 aromatic carbocycles. The fourth-order valence-corrected chi connectivity index (χ4v) is 4.82. The van der Waals surface area contributed by atoms with Gasteiger partial charge in [-0.25, -0.2) is 14.0 Å². The van der Waals surface area contributed by atoms with Crippen molar-refractivity contribution < 1.29 is 18.3 Å². The number of carbonyl (C=O) groups is 1. The van der Waals surface area contributed by atoms with Gasteiger partial charge in [0.05, 0.1) is 16.1 Å². The van der Waals surface area contributed by atoms with Crippen LogP contribution in [0.15, 0.2) is 59.5 Å². The minimum atomic E-state index is -2.09. The third-order valence-electron chi connectivity index (χ3n) is 5.81. The van der Waals surface area contributed by atoms with Gasteiger partial charge in [0.15, 0.2) is 11.1 Å². The number of aromatic nitrogens is 1. The predicted molar refractivity (Wildman–Crippen MR) is 115 cm³/mol. The lowest BCUT2D eigenvalue weighted by Crippen LogP contribution is -2.49. The second-order valence-electron chi connectivity index (χ2n) is 7.52. The molecule has 30 heavy (non-hydrogen) atoms. The molecule has 3 heterocycles. The maximum absolute atomic E-state index is 12.5. The zero-order valence-corrected chi connectivity index (χ0v) is 17.0. The minimum Gasteiger partial charge on any atom is -0.444 e. The van der Waals surface area contributed by atoms with E-state index in [9.17, 15) is 13.6 Å². The van der Waals surface area contributed by atoms with Crippen molar-refractivity contribution in [2.24, 2.45) is 0 Å². The molecular formula is C22H21N3O4S. The van der Waals surface area contributed by atoms with Crippen molar-refractivity contribution in [1.29, 1.82) is 0 Å². The van der Waals surface area contributed by atoms with Crippen LogP contribution in [0.4, 0.5) is 16.3 Å². The SMILES string of the molecule is O=C1OCc2ccccc2N1C1CCN(c2ccc3cccc(S(=O)O)c3n2)CC1. The lowest BCUT2D eigenvalue weighted by molar-refractivity contribution is 0.137. The van der Waals surface area contributed by atoms with Crippen molar-refractivity contribution in [3.05, 3.63) is 60.2 Å². The number of fused-ring (bicyclic) bond motifs is 2. The van der Waals surface area contributed by atoms with Gasteiger partial charge >= 0.3 is 6.09 Å². The number of rotatable bonds is 3. The van der Waals surface area contributed by atoms with E-state index in [1.807, 2.05) is 42.5 Å². The zero-order chi connectivity index (χ0) is 20.7. The Kier molecular flexibility index (Phi) is 4.88. The van der Waals surface area contributed by atoms with E-state index in [-0.39, 0.29) is 12.1 Å². The molecule has 2 aliphatic heterocycles. The van der Waals surface area contributed by atoms with Gasteiger partial charge in [-0.05, 0) is 37.1 Å². The molecule has 1 atom stereocenters. The molecule has 8 heteroatoms. The largest absolute Gasteiger partial charge is 0.444 e. The number of para-hydroxylation sites is 2. The van der Waals surface area contributed by atoms with E-state index in [2.05, 4.69) is 9.88 Å². The number of hydrogen-bond donors (Lipinski definition) is 1. The summed E-state index contributed by atoms with van der Waals surface area (Å²) in [6.07, 6.45) is 1.29. The molecule has 0 spiro atoms.